The number of aromatic nitrogens is 2. The number of H-pyrrole nitrogens is 1. The molecule has 72 valence electrons. The van der Waals surface area contributed by atoms with Crippen molar-refractivity contribution >= 4 is 11.6 Å². The van der Waals surface area contributed by atoms with Gasteiger partial charge in [0.1, 0.15) is 0 Å². The molecule has 4 heteroatoms. The third-order valence-corrected chi connectivity index (χ3v) is 1.82. The Kier molecular flexibility index (Phi) is 2.40. The highest BCUT2D eigenvalue weighted by atomic mass is 16.2. The lowest BCUT2D eigenvalue weighted by molar-refractivity contribution is -0.125. The molecule has 4 nitrogen and oxygen atoms in total. The molecule has 0 fully saturated rings. The van der Waals surface area contributed by atoms with E-state index < -0.39 is 0 Å². The predicted molar refractivity (Wildman–Crippen MR) is 51.5 cm³/mol. The second kappa shape index (κ2) is 3.20. The molecule has 0 spiro atoms. The van der Waals surface area contributed by atoms with Crippen molar-refractivity contribution in [1.29, 1.82) is 0 Å². The van der Waals surface area contributed by atoms with Crippen LogP contribution in [0.4, 0.5) is 5.69 Å². The molecule has 1 rings (SSSR count). The van der Waals surface area contributed by atoms with E-state index >= 15 is 0 Å². The van der Waals surface area contributed by atoms with E-state index in [1.807, 2.05) is 20.8 Å². The number of amides is 1. The van der Waals surface area contributed by atoms with Crippen LogP contribution in [0.1, 0.15) is 20.8 Å². The Bertz CT molecular complexity index is 284. The number of hydrogen-bond donors (Lipinski definition) is 1. The summed E-state index contributed by atoms with van der Waals surface area (Å²) in [5.41, 5.74) is 0.436. The third-order valence-electron chi connectivity index (χ3n) is 1.82. The molecular formula is C9H15N3O. The maximum absolute atomic E-state index is 11.7. The fourth-order valence-corrected chi connectivity index (χ4v) is 1.05. The molecule has 0 aliphatic rings. The van der Waals surface area contributed by atoms with Gasteiger partial charge in [0.25, 0.3) is 0 Å². The van der Waals surface area contributed by atoms with Crippen molar-refractivity contribution in [2.24, 2.45) is 5.41 Å². The zero-order valence-electron chi connectivity index (χ0n) is 8.46. The van der Waals surface area contributed by atoms with Crippen LogP contribution in [0.25, 0.3) is 0 Å². The number of hydrogen-bond acceptors (Lipinski definition) is 2. The zero-order chi connectivity index (χ0) is 10.1. The molecule has 1 N–H and O–H groups in total. The molecule has 0 atom stereocenters. The van der Waals surface area contributed by atoms with Gasteiger partial charge < -0.3 is 4.90 Å². The van der Waals surface area contributed by atoms with Crippen molar-refractivity contribution < 1.29 is 4.79 Å². The average molecular weight is 181 g/mol. The molecular weight excluding hydrogens is 166 g/mol. The topological polar surface area (TPSA) is 49.0 Å². The molecule has 1 aromatic rings. The van der Waals surface area contributed by atoms with Gasteiger partial charge in [-0.3, -0.25) is 9.89 Å². The quantitative estimate of drug-likeness (QED) is 0.712. The van der Waals surface area contributed by atoms with E-state index in [1.54, 1.807) is 24.3 Å². The van der Waals surface area contributed by atoms with E-state index in [4.69, 9.17) is 0 Å². The van der Waals surface area contributed by atoms with Gasteiger partial charge in [-0.2, -0.15) is 5.10 Å². The summed E-state index contributed by atoms with van der Waals surface area (Å²) >= 11 is 0. The molecule has 0 radical (unpaired) electrons. The Labute approximate surface area is 77.9 Å². The molecule has 0 aromatic carbocycles. The molecule has 1 heterocycles. The first kappa shape index (κ1) is 9.77. The van der Waals surface area contributed by atoms with Gasteiger partial charge in [0.05, 0.1) is 11.9 Å². The van der Waals surface area contributed by atoms with Gasteiger partial charge in [0.15, 0.2) is 0 Å². The smallest absolute Gasteiger partial charge is 0.232 e. The summed E-state index contributed by atoms with van der Waals surface area (Å²) in [7, 11) is 1.75. The summed E-state index contributed by atoms with van der Waals surface area (Å²) in [6, 6.07) is 0. The number of nitrogens with zero attached hydrogens (tertiary/aromatic N) is 2. The fourth-order valence-electron chi connectivity index (χ4n) is 1.05. The number of nitrogens with one attached hydrogen (secondary N) is 1. The molecule has 0 unspecified atom stereocenters. The van der Waals surface area contributed by atoms with E-state index in [0.29, 0.717) is 0 Å². The van der Waals surface area contributed by atoms with Gasteiger partial charge >= 0.3 is 0 Å². The van der Waals surface area contributed by atoms with E-state index in [2.05, 4.69) is 10.2 Å². The van der Waals surface area contributed by atoms with Gasteiger partial charge in [-0.05, 0) is 0 Å². The van der Waals surface area contributed by atoms with Gasteiger partial charge in [-0.15, -0.1) is 0 Å². The lowest BCUT2D eigenvalue weighted by Crippen LogP contribution is -2.36. The number of rotatable bonds is 1. The van der Waals surface area contributed by atoms with Crippen LogP contribution < -0.4 is 4.90 Å². The maximum Gasteiger partial charge on any atom is 0.232 e. The fraction of sp³-hybridized carbons (Fsp3) is 0.556. The molecule has 0 aliphatic carbocycles. The highest BCUT2D eigenvalue weighted by Gasteiger charge is 2.25. The summed E-state index contributed by atoms with van der Waals surface area (Å²) in [6.07, 6.45) is 3.33. The van der Waals surface area contributed by atoms with Crippen LogP contribution in [0.15, 0.2) is 12.4 Å². The summed E-state index contributed by atoms with van der Waals surface area (Å²) in [6.45, 7) is 5.68. The summed E-state index contributed by atoms with van der Waals surface area (Å²) < 4.78 is 0. The largest absolute Gasteiger partial charge is 0.312 e. The van der Waals surface area contributed by atoms with Gasteiger partial charge in [-0.25, -0.2) is 0 Å². The number of carbonyl (C=O) groups is 1. The van der Waals surface area contributed by atoms with Crippen molar-refractivity contribution in [3.63, 3.8) is 0 Å². The van der Waals surface area contributed by atoms with E-state index in [-0.39, 0.29) is 11.3 Å². The summed E-state index contributed by atoms with van der Waals surface area (Å²) in [4.78, 5) is 13.3. The Morgan fingerprint density at radius 2 is 2.15 bits per heavy atom. The minimum Gasteiger partial charge on any atom is -0.312 e. The molecule has 1 aromatic heterocycles. The van der Waals surface area contributed by atoms with Crippen LogP contribution in [0, 0.1) is 5.41 Å². The zero-order valence-corrected chi connectivity index (χ0v) is 8.46. The summed E-state index contributed by atoms with van der Waals surface area (Å²) in [5.74, 6) is 0.0777. The molecule has 0 saturated heterocycles. The first-order valence-electron chi connectivity index (χ1n) is 4.20. The van der Waals surface area contributed by atoms with Crippen molar-refractivity contribution in [1.82, 2.24) is 10.2 Å². The van der Waals surface area contributed by atoms with Crippen LogP contribution >= 0.6 is 0 Å². The Morgan fingerprint density at radius 3 is 2.54 bits per heavy atom. The lowest BCUT2D eigenvalue weighted by Gasteiger charge is -2.24. The van der Waals surface area contributed by atoms with E-state index in [1.165, 1.54) is 0 Å². The first-order chi connectivity index (χ1) is 5.93. The standard InChI is InChI=1S/C9H15N3O/c1-9(2,3)8(13)12(4)7-5-10-11-6-7/h5-6H,1-4H3,(H,10,11). The van der Waals surface area contributed by atoms with Crippen molar-refractivity contribution in [2.75, 3.05) is 11.9 Å². The second-order valence-electron chi connectivity index (χ2n) is 4.07. The van der Waals surface area contributed by atoms with Crippen LogP contribution in [-0.4, -0.2) is 23.2 Å². The van der Waals surface area contributed by atoms with Crippen LogP contribution in [0.3, 0.4) is 0 Å². The van der Waals surface area contributed by atoms with Crippen molar-refractivity contribution in [3.8, 4) is 0 Å². The monoisotopic (exact) mass is 181 g/mol. The second-order valence-corrected chi connectivity index (χ2v) is 4.07. The Balaban J connectivity index is 2.81. The van der Waals surface area contributed by atoms with Gasteiger partial charge in [0.2, 0.25) is 5.91 Å². The van der Waals surface area contributed by atoms with Crippen molar-refractivity contribution in [2.45, 2.75) is 20.8 Å². The molecule has 13 heavy (non-hydrogen) atoms. The SMILES string of the molecule is CN(C(=O)C(C)(C)C)c1cn[nH]c1. The maximum atomic E-state index is 11.7. The molecule has 1 amide bonds. The van der Waals surface area contributed by atoms with Crippen LogP contribution in [0.2, 0.25) is 0 Å². The Morgan fingerprint density at radius 1 is 1.54 bits per heavy atom. The lowest BCUT2D eigenvalue weighted by atomic mass is 9.95. The molecule has 0 saturated carbocycles. The highest BCUT2D eigenvalue weighted by molar-refractivity contribution is 5.96. The first-order valence-corrected chi connectivity index (χ1v) is 4.20. The van der Waals surface area contributed by atoms with Crippen LogP contribution in [0.5, 0.6) is 0 Å². The predicted octanol–water partition coefficient (Wildman–Crippen LogP) is 1.42. The highest BCUT2D eigenvalue weighted by Crippen LogP contribution is 2.20. The number of anilines is 1. The number of carbonyl (C=O) groups excluding carboxylic acids is 1. The Hall–Kier alpha value is -1.32. The van der Waals surface area contributed by atoms with Crippen molar-refractivity contribution in [3.05, 3.63) is 12.4 Å². The van der Waals surface area contributed by atoms with Crippen LogP contribution in [-0.2, 0) is 4.79 Å². The third kappa shape index (κ3) is 2.08. The van der Waals surface area contributed by atoms with Gasteiger partial charge in [0, 0.05) is 18.7 Å². The minimum absolute atomic E-state index is 0.0777. The van der Waals surface area contributed by atoms with Gasteiger partial charge in [-0.1, -0.05) is 20.8 Å². The average Bonchev–Trinajstić information content (AvgIpc) is 2.51. The minimum atomic E-state index is -0.355. The molecule has 0 bridgehead atoms. The molecule has 0 aliphatic heterocycles. The number of aromatic amines is 1. The summed E-state index contributed by atoms with van der Waals surface area (Å²) in [5, 5.41) is 6.46. The normalized spacial score (nSPS) is 11.4. The van der Waals surface area contributed by atoms with E-state index in [9.17, 15) is 4.79 Å². The van der Waals surface area contributed by atoms with E-state index in [0.717, 1.165) is 5.69 Å².